The number of anilines is 1. The molecule has 8 heteroatoms. The number of pyridine rings is 2. The fraction of sp³-hybridized carbons (Fsp3) is 0.200. The lowest BCUT2D eigenvalue weighted by molar-refractivity contribution is 0.713. The minimum atomic E-state index is 0.161. The third-order valence-electron chi connectivity index (χ3n) is 6.17. The molecule has 0 fully saturated rings. The van der Waals surface area contributed by atoms with Crippen LogP contribution < -0.4 is 11.1 Å². The van der Waals surface area contributed by atoms with E-state index in [4.69, 9.17) is 15.7 Å². The van der Waals surface area contributed by atoms with Gasteiger partial charge in [-0.15, -0.1) is 0 Å². The van der Waals surface area contributed by atoms with Crippen LogP contribution in [-0.2, 0) is 13.0 Å². The molecule has 4 heterocycles. The maximum absolute atomic E-state index is 6.18. The summed E-state index contributed by atoms with van der Waals surface area (Å²) in [5, 5.41) is 7.78. The highest BCUT2D eigenvalue weighted by Gasteiger charge is 2.19. The average Bonchev–Trinajstić information content (AvgIpc) is 3.55. The number of nitrogens with two attached hydrogens (primary N) is 1. The van der Waals surface area contributed by atoms with Crippen LogP contribution in [0.2, 0.25) is 0 Å². The summed E-state index contributed by atoms with van der Waals surface area (Å²) < 4.78 is 1.76. The number of rotatable bonds is 5. The number of aromatic amines is 1. The third kappa shape index (κ3) is 3.64. The van der Waals surface area contributed by atoms with Crippen molar-refractivity contribution in [2.24, 2.45) is 5.73 Å². The number of H-pyrrole nitrogens is 1. The summed E-state index contributed by atoms with van der Waals surface area (Å²) in [6, 6.07) is 16.5. The number of hydrogen-bond donors (Lipinski definition) is 3. The van der Waals surface area contributed by atoms with E-state index in [1.165, 1.54) is 11.1 Å². The molecular formula is C25H24N8. The molecule has 0 saturated heterocycles. The Balaban J connectivity index is 1.35. The first kappa shape index (κ1) is 19.6. The first-order valence-corrected chi connectivity index (χ1v) is 11.1. The van der Waals surface area contributed by atoms with Crippen LogP contribution in [0.1, 0.15) is 35.1 Å². The van der Waals surface area contributed by atoms with E-state index < -0.39 is 0 Å². The number of imidazole rings is 1. The van der Waals surface area contributed by atoms with Crippen molar-refractivity contribution < 1.29 is 0 Å². The van der Waals surface area contributed by atoms with Crippen molar-refractivity contribution in [3.05, 3.63) is 83.7 Å². The third-order valence-corrected chi connectivity index (χ3v) is 6.17. The van der Waals surface area contributed by atoms with Crippen LogP contribution in [0.15, 0.2) is 61.1 Å². The van der Waals surface area contributed by atoms with Crippen molar-refractivity contribution in [2.45, 2.75) is 32.4 Å². The molecule has 0 aliphatic heterocycles. The van der Waals surface area contributed by atoms with Crippen molar-refractivity contribution in [1.82, 2.24) is 29.5 Å². The van der Waals surface area contributed by atoms with Crippen LogP contribution in [0.5, 0.6) is 0 Å². The van der Waals surface area contributed by atoms with Gasteiger partial charge < -0.3 is 16.0 Å². The van der Waals surface area contributed by atoms with Gasteiger partial charge in [0, 0.05) is 29.2 Å². The highest BCUT2D eigenvalue weighted by atomic mass is 15.3. The van der Waals surface area contributed by atoms with Gasteiger partial charge >= 0.3 is 0 Å². The molecule has 1 aliphatic carbocycles. The Morgan fingerprint density at radius 2 is 2.09 bits per heavy atom. The second-order valence-electron chi connectivity index (χ2n) is 8.46. The summed E-state index contributed by atoms with van der Waals surface area (Å²) >= 11 is 0. The summed E-state index contributed by atoms with van der Waals surface area (Å²) in [6.07, 6.45) is 5.55. The average molecular weight is 437 g/mol. The lowest BCUT2D eigenvalue weighted by Gasteiger charge is -2.08. The molecule has 1 unspecified atom stereocenters. The number of hydrogen-bond acceptors (Lipinski definition) is 6. The van der Waals surface area contributed by atoms with Gasteiger partial charge in [0.2, 0.25) is 0 Å². The molecule has 8 nitrogen and oxygen atoms in total. The van der Waals surface area contributed by atoms with Gasteiger partial charge in [0.25, 0.3) is 0 Å². The Morgan fingerprint density at radius 3 is 3.00 bits per heavy atom. The minimum Gasteiger partial charge on any atom is -0.378 e. The van der Waals surface area contributed by atoms with E-state index in [0.29, 0.717) is 6.54 Å². The highest BCUT2D eigenvalue weighted by molar-refractivity contribution is 5.77. The van der Waals surface area contributed by atoms with Crippen LogP contribution in [-0.4, -0.2) is 29.5 Å². The topological polar surface area (TPSA) is 110 Å². The summed E-state index contributed by atoms with van der Waals surface area (Å²) in [6.45, 7) is 2.55. The van der Waals surface area contributed by atoms with Gasteiger partial charge in [0.1, 0.15) is 17.8 Å². The summed E-state index contributed by atoms with van der Waals surface area (Å²) in [4.78, 5) is 17.4. The van der Waals surface area contributed by atoms with E-state index in [1.807, 2.05) is 43.5 Å². The molecule has 0 radical (unpaired) electrons. The highest BCUT2D eigenvalue weighted by Crippen LogP contribution is 2.32. The minimum absolute atomic E-state index is 0.161. The zero-order valence-electron chi connectivity index (χ0n) is 18.3. The molecule has 0 spiro atoms. The normalized spacial score (nSPS) is 15.2. The van der Waals surface area contributed by atoms with Crippen LogP contribution in [0.3, 0.4) is 0 Å². The van der Waals surface area contributed by atoms with Crippen molar-refractivity contribution >= 4 is 11.3 Å². The number of benzene rings is 1. The number of nitrogens with one attached hydrogen (secondary N) is 2. The van der Waals surface area contributed by atoms with Crippen molar-refractivity contribution in [1.29, 1.82) is 0 Å². The molecule has 6 rings (SSSR count). The monoisotopic (exact) mass is 436 g/mol. The molecule has 1 atom stereocenters. The van der Waals surface area contributed by atoms with Crippen molar-refractivity contribution in [3.63, 3.8) is 0 Å². The summed E-state index contributed by atoms with van der Waals surface area (Å²) in [5.74, 6) is 0.833. The molecule has 164 valence electrons. The zero-order chi connectivity index (χ0) is 22.4. The van der Waals surface area contributed by atoms with Crippen molar-refractivity contribution in [3.8, 4) is 22.6 Å². The van der Waals surface area contributed by atoms with Gasteiger partial charge in [-0.3, -0.25) is 4.98 Å². The van der Waals surface area contributed by atoms with Gasteiger partial charge in [-0.1, -0.05) is 12.1 Å². The Bertz CT molecular complexity index is 1460. The molecule has 5 aromatic rings. The van der Waals surface area contributed by atoms with Gasteiger partial charge in [-0.2, -0.15) is 5.10 Å². The Morgan fingerprint density at radius 1 is 1.15 bits per heavy atom. The molecule has 1 aromatic carbocycles. The first-order chi connectivity index (χ1) is 16.1. The molecule has 0 saturated carbocycles. The Hall–Kier alpha value is -4.04. The van der Waals surface area contributed by atoms with Gasteiger partial charge in [-0.05, 0) is 67.3 Å². The fourth-order valence-electron chi connectivity index (χ4n) is 4.49. The molecule has 0 bridgehead atoms. The predicted molar refractivity (Wildman–Crippen MR) is 128 cm³/mol. The van der Waals surface area contributed by atoms with E-state index in [0.717, 1.165) is 58.3 Å². The maximum Gasteiger partial charge on any atom is 0.155 e. The van der Waals surface area contributed by atoms with Crippen LogP contribution in [0.4, 0.5) is 5.69 Å². The second-order valence-corrected chi connectivity index (χ2v) is 8.46. The number of fused-ring (bicyclic) bond motifs is 2. The van der Waals surface area contributed by atoms with E-state index in [1.54, 1.807) is 10.8 Å². The summed E-state index contributed by atoms with van der Waals surface area (Å²) in [7, 11) is 0. The van der Waals surface area contributed by atoms with Crippen molar-refractivity contribution in [2.75, 3.05) is 5.32 Å². The lowest BCUT2D eigenvalue weighted by atomic mass is 10.1. The quantitative estimate of drug-likeness (QED) is 0.383. The maximum atomic E-state index is 6.18. The molecule has 4 aromatic heterocycles. The Labute approximate surface area is 190 Å². The van der Waals surface area contributed by atoms with Gasteiger partial charge in [0.05, 0.1) is 17.9 Å². The Kier molecular flexibility index (Phi) is 4.66. The molecule has 1 aliphatic rings. The van der Waals surface area contributed by atoms with Crippen LogP contribution in [0.25, 0.3) is 28.3 Å². The molecule has 4 N–H and O–H groups in total. The van der Waals surface area contributed by atoms with Crippen LogP contribution in [0, 0.1) is 6.92 Å². The fourth-order valence-corrected chi connectivity index (χ4v) is 4.49. The standard InChI is InChI=1S/C25H24N8/c1-15-3-2-4-21(30-15)25-24(17-6-10-23-28-14-29-33(23)13-17)31-22(32-25)12-27-18-7-8-19-16(11-18)5-9-20(19)26/h2-4,6-8,10-11,13-14,20,27H,5,9,12,26H2,1H3,(H,31,32). The second kappa shape index (κ2) is 7.83. The molecule has 33 heavy (non-hydrogen) atoms. The van der Waals surface area contributed by atoms with E-state index >= 15 is 0 Å². The number of nitrogens with zero attached hydrogens (tertiary/aromatic N) is 5. The van der Waals surface area contributed by atoms with E-state index in [-0.39, 0.29) is 6.04 Å². The smallest absolute Gasteiger partial charge is 0.155 e. The zero-order valence-corrected chi connectivity index (χ0v) is 18.3. The van der Waals surface area contributed by atoms with E-state index in [2.05, 4.69) is 38.6 Å². The predicted octanol–water partition coefficient (Wildman–Crippen LogP) is 4.05. The van der Waals surface area contributed by atoms with Gasteiger partial charge in [0.15, 0.2) is 5.65 Å². The molecular weight excluding hydrogens is 412 g/mol. The summed E-state index contributed by atoms with van der Waals surface area (Å²) in [5.41, 5.74) is 15.1. The van der Waals surface area contributed by atoms with Crippen LogP contribution >= 0.6 is 0 Å². The first-order valence-electron chi connectivity index (χ1n) is 11.1. The van der Waals surface area contributed by atoms with Gasteiger partial charge in [-0.25, -0.2) is 14.5 Å². The largest absolute Gasteiger partial charge is 0.378 e. The SMILES string of the molecule is Cc1cccc(-c2nc(CNc3ccc4c(c3)CCC4N)[nH]c2-c2ccc3ncnn3c2)n1. The number of aromatic nitrogens is 6. The van der Waals surface area contributed by atoms with E-state index in [9.17, 15) is 0 Å². The lowest BCUT2D eigenvalue weighted by Crippen LogP contribution is -2.05. The number of aryl methyl sites for hydroxylation is 2. The molecule has 0 amide bonds.